The van der Waals surface area contributed by atoms with E-state index < -0.39 is 82.7 Å². The van der Waals surface area contributed by atoms with E-state index in [1.807, 2.05) is 0 Å². The molecule has 3 saturated carbocycles. The number of aliphatic hydroxyl groups is 2. The van der Waals surface area contributed by atoms with Gasteiger partial charge in [0.2, 0.25) is 0 Å². The van der Waals surface area contributed by atoms with E-state index in [-0.39, 0.29) is 23.7 Å². The maximum atomic E-state index is 14.2. The number of carbonyl (C=O) groups excluding carboxylic acids is 5. The lowest BCUT2D eigenvalue weighted by Crippen LogP contribution is -2.78. The Labute approximate surface area is 231 Å². The van der Waals surface area contributed by atoms with Gasteiger partial charge in [-0.15, -0.1) is 0 Å². The molecule has 3 fully saturated rings. The second-order valence-corrected chi connectivity index (χ2v) is 12.1. The Morgan fingerprint density at radius 1 is 1.15 bits per heavy atom. The number of phenolic OH excluding ortho intramolecular Hbond substituents is 1. The molecule has 0 spiro atoms. The number of benzene rings is 1. The van der Waals surface area contributed by atoms with Crippen molar-refractivity contribution in [3.63, 3.8) is 0 Å². The lowest BCUT2D eigenvalue weighted by Gasteiger charge is -2.57. The molecule has 0 saturated heterocycles. The zero-order chi connectivity index (χ0) is 29.3. The van der Waals surface area contributed by atoms with E-state index in [1.54, 1.807) is 19.1 Å². The van der Waals surface area contributed by atoms with Crippen molar-refractivity contribution in [2.45, 2.75) is 68.9 Å². The van der Waals surface area contributed by atoms with E-state index in [1.165, 1.54) is 25.1 Å². The standard InChI is InChI=1S/C29H36N2O9/c1-12-14-9-6-10-15(32)18(14)23(34)19-17(12)25(40-16(33)11-13-7-4-5-8-13)21-22(31(2)3)24(35)20(28(30)38)27(37)29(21,39)26(19)36/h6,9-10,12-13,17,19-22,25,28,32,38-39H,4-5,7-8,11,30H2,1-3H3/t12-,17+,19?,20?,21+,22-,25-,28?,29-/m0/s1. The van der Waals surface area contributed by atoms with E-state index in [4.69, 9.17) is 10.5 Å². The molecule has 11 heteroatoms. The summed E-state index contributed by atoms with van der Waals surface area (Å²) in [5, 5.41) is 32.8. The van der Waals surface area contributed by atoms with Crippen molar-refractivity contribution in [2.75, 3.05) is 14.1 Å². The van der Waals surface area contributed by atoms with Crippen molar-refractivity contribution >= 4 is 29.1 Å². The monoisotopic (exact) mass is 556 g/mol. The van der Waals surface area contributed by atoms with Gasteiger partial charge in [-0.2, -0.15) is 0 Å². The van der Waals surface area contributed by atoms with Crippen molar-refractivity contribution in [3.05, 3.63) is 29.3 Å². The molecule has 0 heterocycles. The van der Waals surface area contributed by atoms with Crippen LogP contribution >= 0.6 is 0 Å². The smallest absolute Gasteiger partial charge is 0.306 e. The largest absolute Gasteiger partial charge is 0.507 e. The van der Waals surface area contributed by atoms with Crippen LogP contribution in [0.5, 0.6) is 5.75 Å². The predicted molar refractivity (Wildman–Crippen MR) is 139 cm³/mol. The number of nitrogens with zero attached hydrogens (tertiary/aromatic N) is 1. The lowest BCUT2D eigenvalue weighted by atomic mass is 9.49. The number of carbonyl (C=O) groups is 5. The number of aliphatic hydroxyl groups excluding tert-OH is 1. The number of esters is 1. The number of likely N-dealkylation sites (N-methyl/N-ethyl adjacent to an activating group) is 1. The fourth-order valence-corrected chi connectivity index (χ4v) is 7.80. The molecule has 9 atom stereocenters. The summed E-state index contributed by atoms with van der Waals surface area (Å²) in [6, 6.07) is 3.16. The SMILES string of the molecule is C[C@H]1c2cccc(O)c2C(=O)C2C(=O)[C@]3(O)C(=O)C(C(N)O)C(=O)[C@@H](N(C)C)[C@@H]3[C@@H](OC(=O)CC3CCCC3)[C@@H]21. The molecule has 0 aromatic heterocycles. The highest BCUT2D eigenvalue weighted by Crippen LogP contribution is 2.55. The molecule has 40 heavy (non-hydrogen) atoms. The maximum absolute atomic E-state index is 14.2. The van der Waals surface area contributed by atoms with Gasteiger partial charge in [0.05, 0.1) is 23.4 Å². The first-order chi connectivity index (χ1) is 18.8. The van der Waals surface area contributed by atoms with Crippen LogP contribution in [-0.2, 0) is 23.9 Å². The number of phenols is 1. The quantitative estimate of drug-likeness (QED) is 0.222. The van der Waals surface area contributed by atoms with Crippen LogP contribution in [0.1, 0.15) is 60.9 Å². The molecule has 11 nitrogen and oxygen atoms in total. The molecule has 0 aliphatic heterocycles. The van der Waals surface area contributed by atoms with Gasteiger partial charge in [-0.1, -0.05) is 31.9 Å². The second-order valence-electron chi connectivity index (χ2n) is 12.1. The Morgan fingerprint density at radius 3 is 2.40 bits per heavy atom. The van der Waals surface area contributed by atoms with Crippen LogP contribution in [0.2, 0.25) is 0 Å². The molecule has 0 radical (unpaired) electrons. The fourth-order valence-electron chi connectivity index (χ4n) is 7.80. The Morgan fingerprint density at radius 2 is 1.80 bits per heavy atom. The Bertz CT molecular complexity index is 1270. The highest BCUT2D eigenvalue weighted by molar-refractivity contribution is 6.27. The van der Waals surface area contributed by atoms with Crippen molar-refractivity contribution in [2.24, 2.45) is 35.3 Å². The molecule has 216 valence electrons. The summed E-state index contributed by atoms with van der Waals surface area (Å²) in [5.74, 6) is -11.7. The van der Waals surface area contributed by atoms with E-state index >= 15 is 0 Å². The van der Waals surface area contributed by atoms with Crippen LogP contribution in [0, 0.1) is 29.6 Å². The molecule has 1 aromatic rings. The lowest BCUT2D eigenvalue weighted by molar-refractivity contribution is -0.208. The number of hydrogen-bond donors (Lipinski definition) is 4. The van der Waals surface area contributed by atoms with Crippen LogP contribution in [0.4, 0.5) is 0 Å². The van der Waals surface area contributed by atoms with Crippen LogP contribution in [0.15, 0.2) is 18.2 Å². The normalized spacial score (nSPS) is 36.7. The molecular formula is C29H36N2O9. The zero-order valence-electron chi connectivity index (χ0n) is 22.8. The minimum absolute atomic E-state index is 0.0886. The van der Waals surface area contributed by atoms with Crippen LogP contribution in [0.3, 0.4) is 0 Å². The molecule has 5 N–H and O–H groups in total. The van der Waals surface area contributed by atoms with Crippen molar-refractivity contribution in [3.8, 4) is 5.75 Å². The highest BCUT2D eigenvalue weighted by Gasteiger charge is 2.73. The van der Waals surface area contributed by atoms with E-state index in [0.717, 1.165) is 25.7 Å². The minimum Gasteiger partial charge on any atom is -0.507 e. The summed E-state index contributed by atoms with van der Waals surface area (Å²) in [7, 11) is 3.02. The molecular weight excluding hydrogens is 520 g/mol. The molecule has 4 aliphatic carbocycles. The number of ether oxygens (including phenoxy) is 1. The van der Waals surface area contributed by atoms with Gasteiger partial charge in [-0.05, 0) is 50.4 Å². The first-order valence-corrected chi connectivity index (χ1v) is 13.8. The van der Waals surface area contributed by atoms with Gasteiger partial charge in [0.1, 0.15) is 24.0 Å². The summed E-state index contributed by atoms with van der Waals surface area (Å²) < 4.78 is 6.05. The molecule has 0 amide bonds. The highest BCUT2D eigenvalue weighted by atomic mass is 16.5. The number of Topliss-reactive ketones (excluding diaryl/α,β-unsaturated/α-hetero) is 4. The Kier molecular flexibility index (Phi) is 7.23. The summed E-state index contributed by atoms with van der Waals surface area (Å²) in [4.78, 5) is 70.2. The number of ketones is 4. The number of rotatable bonds is 5. The third-order valence-corrected chi connectivity index (χ3v) is 9.62. The van der Waals surface area contributed by atoms with Gasteiger partial charge in [0.25, 0.3) is 0 Å². The van der Waals surface area contributed by atoms with Gasteiger partial charge >= 0.3 is 5.97 Å². The molecule has 5 rings (SSSR count). The fraction of sp³-hybridized carbons (Fsp3) is 0.621. The van der Waals surface area contributed by atoms with Crippen LogP contribution < -0.4 is 5.73 Å². The van der Waals surface area contributed by atoms with Crippen LogP contribution in [-0.4, -0.2) is 87.4 Å². The molecule has 0 bridgehead atoms. The third-order valence-electron chi connectivity index (χ3n) is 9.62. The van der Waals surface area contributed by atoms with E-state index in [9.17, 15) is 39.3 Å². The Balaban J connectivity index is 1.70. The van der Waals surface area contributed by atoms with Crippen molar-refractivity contribution in [1.29, 1.82) is 0 Å². The zero-order valence-corrected chi connectivity index (χ0v) is 22.8. The molecule has 1 aromatic carbocycles. The maximum Gasteiger partial charge on any atom is 0.306 e. The number of nitrogens with two attached hydrogens (primary N) is 1. The number of aromatic hydroxyl groups is 1. The van der Waals surface area contributed by atoms with E-state index in [2.05, 4.69) is 0 Å². The average Bonchev–Trinajstić information content (AvgIpc) is 3.38. The minimum atomic E-state index is -2.95. The van der Waals surface area contributed by atoms with Gasteiger partial charge < -0.3 is 25.8 Å². The summed E-state index contributed by atoms with van der Waals surface area (Å²) in [5.41, 5.74) is 2.98. The van der Waals surface area contributed by atoms with Crippen molar-refractivity contribution < 1.29 is 44.0 Å². The third kappa shape index (κ3) is 4.05. The van der Waals surface area contributed by atoms with Gasteiger partial charge in [-0.25, -0.2) is 0 Å². The number of hydrogen-bond acceptors (Lipinski definition) is 11. The average molecular weight is 557 g/mol. The summed E-state index contributed by atoms with van der Waals surface area (Å²) >= 11 is 0. The first-order valence-electron chi connectivity index (χ1n) is 13.8. The molecule has 4 aliphatic rings. The topological polar surface area (TPSA) is 185 Å². The summed E-state index contributed by atoms with van der Waals surface area (Å²) in [6.45, 7) is 1.72. The Hall–Kier alpha value is -2.99. The van der Waals surface area contributed by atoms with Gasteiger partial charge in [0.15, 0.2) is 28.7 Å². The van der Waals surface area contributed by atoms with E-state index in [0.29, 0.717) is 5.56 Å². The predicted octanol–water partition coefficient (Wildman–Crippen LogP) is 0.322. The van der Waals surface area contributed by atoms with Crippen molar-refractivity contribution in [1.82, 2.24) is 4.90 Å². The van der Waals surface area contributed by atoms with Crippen LogP contribution in [0.25, 0.3) is 0 Å². The first kappa shape index (κ1) is 28.5. The molecule has 3 unspecified atom stereocenters. The van der Waals surface area contributed by atoms with Gasteiger partial charge in [-0.3, -0.25) is 28.9 Å². The van der Waals surface area contributed by atoms with Gasteiger partial charge in [0, 0.05) is 12.3 Å². The summed E-state index contributed by atoms with van der Waals surface area (Å²) in [6.07, 6.45) is 0.385. The number of fused-ring (bicyclic) bond motifs is 3. The second kappa shape index (κ2) is 10.1.